The van der Waals surface area contributed by atoms with Gasteiger partial charge in [0.1, 0.15) is 5.82 Å². The zero-order chi connectivity index (χ0) is 11.4. The number of carbonyl (C=O) groups excluding carboxylic acids is 1. The quantitative estimate of drug-likeness (QED) is 0.860. The molecule has 0 aliphatic heterocycles. The first kappa shape index (κ1) is 12.1. The number of ether oxygens (including phenoxy) is 1. The number of halogens is 2. The molecule has 1 aromatic rings. The summed E-state index contributed by atoms with van der Waals surface area (Å²) < 4.78 is 17.7. The number of esters is 1. The Kier molecular flexibility index (Phi) is 4.23. The average molecular weight is 276 g/mol. The van der Waals surface area contributed by atoms with E-state index in [1.807, 2.05) is 0 Å². The summed E-state index contributed by atoms with van der Waals surface area (Å²) in [6, 6.07) is 3.93. The fraction of sp³-hybridized carbons (Fsp3) is 0.300. The second-order valence-corrected chi connectivity index (χ2v) is 3.91. The number of nitrogens with two attached hydrogens (primary N) is 1. The molecular formula is C10H11BrFNO2. The van der Waals surface area contributed by atoms with E-state index in [4.69, 9.17) is 5.73 Å². The van der Waals surface area contributed by atoms with Crippen LogP contribution in [-0.2, 0) is 9.53 Å². The van der Waals surface area contributed by atoms with Crippen LogP contribution in [0, 0.1) is 5.82 Å². The summed E-state index contributed by atoms with van der Waals surface area (Å²) in [7, 11) is 1.30. The molecule has 1 aromatic carbocycles. The van der Waals surface area contributed by atoms with Crippen LogP contribution in [-0.4, -0.2) is 13.1 Å². The zero-order valence-corrected chi connectivity index (χ0v) is 9.75. The molecule has 1 rings (SSSR count). The van der Waals surface area contributed by atoms with Gasteiger partial charge in [0.15, 0.2) is 0 Å². The molecule has 82 valence electrons. The SMILES string of the molecule is COC(=O)C[C@@H](N)c1ccc(F)c(Br)c1. The Morgan fingerprint density at radius 1 is 1.67 bits per heavy atom. The van der Waals surface area contributed by atoms with Gasteiger partial charge in [0.2, 0.25) is 0 Å². The van der Waals surface area contributed by atoms with Crippen LogP contribution in [0.15, 0.2) is 22.7 Å². The lowest BCUT2D eigenvalue weighted by Gasteiger charge is -2.10. The van der Waals surface area contributed by atoms with Crippen LogP contribution in [0.2, 0.25) is 0 Å². The van der Waals surface area contributed by atoms with Crippen molar-refractivity contribution in [3.63, 3.8) is 0 Å². The van der Waals surface area contributed by atoms with E-state index in [1.165, 1.54) is 13.2 Å². The standard InChI is InChI=1S/C10H11BrFNO2/c1-15-10(14)5-9(13)6-2-3-8(12)7(11)4-6/h2-4,9H,5,13H2,1H3/t9-/m1/s1. The Morgan fingerprint density at radius 3 is 2.87 bits per heavy atom. The smallest absolute Gasteiger partial charge is 0.307 e. The summed E-state index contributed by atoms with van der Waals surface area (Å²) >= 11 is 3.05. The monoisotopic (exact) mass is 275 g/mol. The molecule has 5 heteroatoms. The molecule has 2 N–H and O–H groups in total. The molecule has 15 heavy (non-hydrogen) atoms. The first-order chi connectivity index (χ1) is 7.04. The van der Waals surface area contributed by atoms with Gasteiger partial charge in [-0.2, -0.15) is 0 Å². The first-order valence-electron chi connectivity index (χ1n) is 4.32. The molecule has 0 unspecified atom stereocenters. The van der Waals surface area contributed by atoms with E-state index in [0.29, 0.717) is 10.0 Å². The maximum atomic E-state index is 12.9. The molecule has 0 aliphatic rings. The van der Waals surface area contributed by atoms with Crippen LogP contribution in [0.4, 0.5) is 4.39 Å². The predicted octanol–water partition coefficient (Wildman–Crippen LogP) is 2.15. The number of methoxy groups -OCH3 is 1. The molecule has 0 fully saturated rings. The second kappa shape index (κ2) is 5.23. The fourth-order valence-corrected chi connectivity index (χ4v) is 1.52. The van der Waals surface area contributed by atoms with Crippen molar-refractivity contribution >= 4 is 21.9 Å². The van der Waals surface area contributed by atoms with E-state index in [1.54, 1.807) is 12.1 Å². The lowest BCUT2D eigenvalue weighted by molar-refractivity contribution is -0.141. The topological polar surface area (TPSA) is 52.3 Å². The van der Waals surface area contributed by atoms with Gasteiger partial charge in [0.05, 0.1) is 18.0 Å². The molecule has 3 nitrogen and oxygen atoms in total. The maximum absolute atomic E-state index is 12.9. The van der Waals surface area contributed by atoms with Gasteiger partial charge < -0.3 is 10.5 Å². The lowest BCUT2D eigenvalue weighted by atomic mass is 10.1. The largest absolute Gasteiger partial charge is 0.469 e. The minimum atomic E-state index is -0.477. The maximum Gasteiger partial charge on any atom is 0.307 e. The number of rotatable bonds is 3. The number of benzene rings is 1. The highest BCUT2D eigenvalue weighted by Crippen LogP contribution is 2.21. The van der Waals surface area contributed by atoms with Gasteiger partial charge in [-0.1, -0.05) is 6.07 Å². The van der Waals surface area contributed by atoms with Crippen LogP contribution in [0.5, 0.6) is 0 Å². The van der Waals surface area contributed by atoms with E-state index in [0.717, 1.165) is 0 Å². The Labute approximate surface area is 95.5 Å². The van der Waals surface area contributed by atoms with Crippen molar-refractivity contribution in [3.05, 3.63) is 34.1 Å². The third-order valence-electron chi connectivity index (χ3n) is 1.99. The zero-order valence-electron chi connectivity index (χ0n) is 8.17. The van der Waals surface area contributed by atoms with Crippen LogP contribution in [0.3, 0.4) is 0 Å². The summed E-state index contributed by atoms with van der Waals surface area (Å²) in [6.07, 6.45) is 0.0779. The molecule has 0 aliphatic carbocycles. The van der Waals surface area contributed by atoms with E-state index in [2.05, 4.69) is 20.7 Å². The van der Waals surface area contributed by atoms with Gasteiger partial charge in [0, 0.05) is 6.04 Å². The van der Waals surface area contributed by atoms with Gasteiger partial charge in [-0.05, 0) is 33.6 Å². The van der Waals surface area contributed by atoms with Gasteiger partial charge >= 0.3 is 5.97 Å². The van der Waals surface area contributed by atoms with Gasteiger partial charge in [-0.25, -0.2) is 4.39 Å². The van der Waals surface area contributed by atoms with Crippen LogP contribution in [0.1, 0.15) is 18.0 Å². The van der Waals surface area contributed by atoms with E-state index in [9.17, 15) is 9.18 Å². The summed E-state index contributed by atoms with van der Waals surface area (Å²) in [4.78, 5) is 11.0. The summed E-state index contributed by atoms with van der Waals surface area (Å²) in [5, 5.41) is 0. The number of carbonyl (C=O) groups is 1. The molecule has 0 saturated heterocycles. The molecule has 0 radical (unpaired) electrons. The van der Waals surface area contributed by atoms with E-state index < -0.39 is 6.04 Å². The molecule has 0 aromatic heterocycles. The molecule has 0 heterocycles. The molecule has 0 bridgehead atoms. The van der Waals surface area contributed by atoms with Crippen molar-refractivity contribution in [1.29, 1.82) is 0 Å². The van der Waals surface area contributed by atoms with Crippen molar-refractivity contribution in [2.75, 3.05) is 7.11 Å². The minimum absolute atomic E-state index is 0.0779. The Morgan fingerprint density at radius 2 is 2.33 bits per heavy atom. The Bertz CT molecular complexity index is 370. The average Bonchev–Trinajstić information content (AvgIpc) is 2.21. The fourth-order valence-electron chi connectivity index (χ4n) is 1.12. The van der Waals surface area contributed by atoms with E-state index >= 15 is 0 Å². The van der Waals surface area contributed by atoms with Gasteiger partial charge in [-0.3, -0.25) is 4.79 Å². The Balaban J connectivity index is 2.78. The van der Waals surface area contributed by atoms with Crippen molar-refractivity contribution in [3.8, 4) is 0 Å². The highest BCUT2D eigenvalue weighted by molar-refractivity contribution is 9.10. The second-order valence-electron chi connectivity index (χ2n) is 3.06. The molecule has 1 atom stereocenters. The van der Waals surface area contributed by atoms with E-state index in [-0.39, 0.29) is 18.2 Å². The highest BCUT2D eigenvalue weighted by atomic mass is 79.9. The minimum Gasteiger partial charge on any atom is -0.469 e. The molecule has 0 spiro atoms. The van der Waals surface area contributed by atoms with Crippen LogP contribution < -0.4 is 5.73 Å². The van der Waals surface area contributed by atoms with Gasteiger partial charge in [-0.15, -0.1) is 0 Å². The highest BCUT2D eigenvalue weighted by Gasteiger charge is 2.13. The van der Waals surface area contributed by atoms with Crippen molar-refractivity contribution in [2.24, 2.45) is 5.73 Å². The molecule has 0 amide bonds. The predicted molar refractivity (Wildman–Crippen MR) is 57.7 cm³/mol. The molecule has 0 saturated carbocycles. The van der Waals surface area contributed by atoms with Crippen molar-refractivity contribution in [1.82, 2.24) is 0 Å². The summed E-state index contributed by atoms with van der Waals surface area (Å²) in [5.41, 5.74) is 6.43. The van der Waals surface area contributed by atoms with Gasteiger partial charge in [0.25, 0.3) is 0 Å². The third kappa shape index (κ3) is 3.28. The van der Waals surface area contributed by atoms with Crippen molar-refractivity contribution in [2.45, 2.75) is 12.5 Å². The van der Waals surface area contributed by atoms with Crippen molar-refractivity contribution < 1.29 is 13.9 Å². The summed E-state index contributed by atoms with van der Waals surface area (Å²) in [5.74, 6) is -0.744. The lowest BCUT2D eigenvalue weighted by Crippen LogP contribution is -2.16. The number of hydrogen-bond acceptors (Lipinski definition) is 3. The Hall–Kier alpha value is -0.940. The van der Waals surface area contributed by atoms with Crippen LogP contribution >= 0.6 is 15.9 Å². The third-order valence-corrected chi connectivity index (χ3v) is 2.59. The number of hydrogen-bond donors (Lipinski definition) is 1. The first-order valence-corrected chi connectivity index (χ1v) is 5.11. The molecular weight excluding hydrogens is 265 g/mol. The van der Waals surface area contributed by atoms with Crippen LogP contribution in [0.25, 0.3) is 0 Å². The summed E-state index contributed by atoms with van der Waals surface area (Å²) in [6.45, 7) is 0. The normalized spacial score (nSPS) is 12.3.